The smallest absolute Gasteiger partial charge is 0.234 e. The summed E-state index contributed by atoms with van der Waals surface area (Å²) >= 11 is 2.44. The highest BCUT2D eigenvalue weighted by Crippen LogP contribution is 2.50. The molecule has 3 N–H and O–H groups in total. The quantitative estimate of drug-likeness (QED) is 0.386. The fourth-order valence-electron chi connectivity index (χ4n) is 4.92. The number of furan rings is 1. The van der Waals surface area contributed by atoms with Crippen LogP contribution in [0.4, 0.5) is 10.8 Å². The van der Waals surface area contributed by atoms with E-state index in [0.29, 0.717) is 56.4 Å². The van der Waals surface area contributed by atoms with E-state index in [1.807, 2.05) is 26.8 Å². The van der Waals surface area contributed by atoms with Crippen molar-refractivity contribution in [2.45, 2.75) is 43.9 Å². The lowest BCUT2D eigenvalue weighted by molar-refractivity contribution is -0.118. The van der Waals surface area contributed by atoms with Crippen molar-refractivity contribution >= 4 is 45.6 Å². The highest BCUT2D eigenvalue weighted by molar-refractivity contribution is 8.01. The minimum absolute atomic E-state index is 0.0610. The van der Waals surface area contributed by atoms with Gasteiger partial charge in [0.15, 0.2) is 10.1 Å². The summed E-state index contributed by atoms with van der Waals surface area (Å²) < 4.78 is 6.41. The SMILES string of the molecule is Cc1ccc(C2C(C#N)=C(N)N(c3nnc(SCC(=O)Nc4ccc(C#N)cc4)s3)C3=C2C(=O)CC(C)(C)C3)o1. The number of carbonyl (C=O) groups is 2. The number of Topliss-reactive ketones (excluding diaryl/α,β-unsaturated/α-hetero) is 1. The monoisotopic (exact) mass is 571 g/mol. The van der Waals surface area contributed by atoms with E-state index in [2.05, 4.69) is 21.6 Å². The second-order valence-corrected chi connectivity index (χ2v) is 12.5. The summed E-state index contributed by atoms with van der Waals surface area (Å²) in [6, 6.07) is 14.4. The maximum atomic E-state index is 13.6. The molecule has 0 bridgehead atoms. The molecule has 10 nitrogen and oxygen atoms in total. The Hall–Kier alpha value is -4.39. The van der Waals surface area contributed by atoms with Crippen LogP contribution < -0.4 is 16.0 Å². The molecule has 5 rings (SSSR count). The molecule has 3 aromatic rings. The molecule has 1 atom stereocenters. The summed E-state index contributed by atoms with van der Waals surface area (Å²) in [6.45, 7) is 5.85. The van der Waals surface area contributed by atoms with Gasteiger partial charge in [0.25, 0.3) is 0 Å². The number of nitriles is 2. The van der Waals surface area contributed by atoms with E-state index in [1.165, 1.54) is 23.1 Å². The third kappa shape index (κ3) is 5.24. The minimum atomic E-state index is -0.693. The Labute approximate surface area is 239 Å². The summed E-state index contributed by atoms with van der Waals surface area (Å²) in [5, 5.41) is 30.8. The maximum absolute atomic E-state index is 13.6. The highest BCUT2D eigenvalue weighted by atomic mass is 32.2. The van der Waals surface area contributed by atoms with Gasteiger partial charge < -0.3 is 15.5 Å². The van der Waals surface area contributed by atoms with Gasteiger partial charge in [0.2, 0.25) is 11.0 Å². The molecule has 0 saturated heterocycles. The van der Waals surface area contributed by atoms with Gasteiger partial charge in [0.1, 0.15) is 17.3 Å². The van der Waals surface area contributed by atoms with Crippen molar-refractivity contribution in [2.75, 3.05) is 16.0 Å². The standard InChI is InChI=1S/C28H25N7O3S2/c1-15-4-9-21(38-15)23-18(13-30)25(31)35(19-10-28(2,3)11-20(36)24(19)23)26-33-34-27(40-26)39-14-22(37)32-17-7-5-16(12-29)6-8-17/h4-9,23H,10-11,14,31H2,1-3H3,(H,32,37). The van der Waals surface area contributed by atoms with E-state index in [9.17, 15) is 14.9 Å². The minimum Gasteiger partial charge on any atom is -0.465 e. The zero-order chi connectivity index (χ0) is 28.6. The second kappa shape index (κ2) is 10.6. The first kappa shape index (κ1) is 27.2. The number of ketones is 1. The highest BCUT2D eigenvalue weighted by Gasteiger charge is 2.46. The Morgan fingerprint density at radius 2 is 1.95 bits per heavy atom. The number of anilines is 2. The number of carbonyl (C=O) groups excluding carboxylic acids is 2. The van der Waals surface area contributed by atoms with Crippen LogP contribution in [-0.2, 0) is 9.59 Å². The fraction of sp³-hybridized carbons (Fsp3) is 0.286. The molecule has 3 heterocycles. The Balaban J connectivity index is 1.43. The van der Waals surface area contributed by atoms with Gasteiger partial charge in [-0.2, -0.15) is 10.5 Å². The first-order valence-electron chi connectivity index (χ1n) is 12.4. The van der Waals surface area contributed by atoms with Crippen LogP contribution in [0.25, 0.3) is 0 Å². The van der Waals surface area contributed by atoms with Crippen molar-refractivity contribution in [3.8, 4) is 12.1 Å². The van der Waals surface area contributed by atoms with E-state index in [-0.39, 0.29) is 34.3 Å². The Bertz CT molecular complexity index is 1650. The molecule has 1 amide bonds. The van der Waals surface area contributed by atoms with Gasteiger partial charge in [0, 0.05) is 23.4 Å². The van der Waals surface area contributed by atoms with Gasteiger partial charge in [0.05, 0.1) is 34.9 Å². The predicted octanol–water partition coefficient (Wildman–Crippen LogP) is 4.98. The van der Waals surface area contributed by atoms with Crippen molar-refractivity contribution in [1.29, 1.82) is 10.5 Å². The number of nitrogens with zero attached hydrogens (tertiary/aromatic N) is 5. The van der Waals surface area contributed by atoms with Crippen LogP contribution in [0.15, 0.2) is 67.8 Å². The Morgan fingerprint density at radius 1 is 1.20 bits per heavy atom. The lowest BCUT2D eigenvalue weighted by Crippen LogP contribution is -2.42. The van der Waals surface area contributed by atoms with Crippen LogP contribution in [-0.4, -0.2) is 27.6 Å². The fourth-order valence-corrected chi connectivity index (χ4v) is 6.60. The summed E-state index contributed by atoms with van der Waals surface area (Å²) in [5.41, 5.74) is 8.78. The molecular formula is C28H25N7O3S2. The third-order valence-corrected chi connectivity index (χ3v) is 8.68. The van der Waals surface area contributed by atoms with Crippen LogP contribution in [0.3, 0.4) is 0 Å². The molecule has 0 spiro atoms. The largest absolute Gasteiger partial charge is 0.465 e. The summed E-state index contributed by atoms with van der Waals surface area (Å²) in [6.07, 6.45) is 0.874. The summed E-state index contributed by atoms with van der Waals surface area (Å²) in [7, 11) is 0. The molecule has 2 aliphatic rings. The average molecular weight is 572 g/mol. The number of aromatic nitrogens is 2. The van der Waals surface area contributed by atoms with Gasteiger partial charge in [-0.05, 0) is 55.2 Å². The van der Waals surface area contributed by atoms with Crippen LogP contribution in [0.2, 0.25) is 0 Å². The Kier molecular flexibility index (Phi) is 7.23. The molecule has 0 radical (unpaired) electrons. The topological polar surface area (TPSA) is 162 Å². The summed E-state index contributed by atoms with van der Waals surface area (Å²) in [4.78, 5) is 27.7. The lowest BCUT2D eigenvalue weighted by atomic mass is 9.69. The molecule has 40 heavy (non-hydrogen) atoms. The van der Waals surface area contributed by atoms with Crippen molar-refractivity contribution in [3.63, 3.8) is 0 Å². The van der Waals surface area contributed by atoms with Crippen LogP contribution in [0, 0.1) is 35.0 Å². The van der Waals surface area contributed by atoms with E-state index in [1.54, 1.807) is 41.3 Å². The van der Waals surface area contributed by atoms with Crippen LogP contribution in [0.1, 0.15) is 49.7 Å². The lowest BCUT2D eigenvalue weighted by Gasteiger charge is -2.42. The first-order valence-corrected chi connectivity index (χ1v) is 14.2. The molecule has 1 aromatic carbocycles. The first-order chi connectivity index (χ1) is 19.1. The van der Waals surface area contributed by atoms with Gasteiger partial charge >= 0.3 is 0 Å². The third-order valence-electron chi connectivity index (χ3n) is 6.64. The number of allylic oxidation sites excluding steroid dienone is 3. The zero-order valence-electron chi connectivity index (χ0n) is 22.0. The zero-order valence-corrected chi connectivity index (χ0v) is 23.7. The predicted molar refractivity (Wildman–Crippen MR) is 151 cm³/mol. The van der Waals surface area contributed by atoms with Crippen LogP contribution >= 0.6 is 23.1 Å². The number of benzene rings is 1. The average Bonchev–Trinajstić information content (AvgIpc) is 3.55. The number of nitrogens with one attached hydrogen (secondary N) is 1. The molecule has 0 saturated carbocycles. The second-order valence-electron chi connectivity index (χ2n) is 10.3. The van der Waals surface area contributed by atoms with Crippen LogP contribution in [0.5, 0.6) is 0 Å². The number of aryl methyl sites for hydroxylation is 1. The van der Waals surface area contributed by atoms with Crippen molar-refractivity contribution in [3.05, 3.63) is 76.1 Å². The van der Waals surface area contributed by atoms with E-state index >= 15 is 0 Å². The van der Waals surface area contributed by atoms with Gasteiger partial charge in [-0.25, -0.2) is 0 Å². The molecule has 1 aliphatic carbocycles. The number of hydrogen-bond donors (Lipinski definition) is 2. The normalized spacial score (nSPS) is 18.3. The van der Waals surface area contributed by atoms with Gasteiger partial charge in [-0.15, -0.1) is 10.2 Å². The number of rotatable bonds is 6. The van der Waals surface area contributed by atoms with Crippen molar-refractivity contribution < 1.29 is 14.0 Å². The molecule has 202 valence electrons. The number of amides is 1. The maximum Gasteiger partial charge on any atom is 0.234 e. The van der Waals surface area contributed by atoms with E-state index < -0.39 is 5.92 Å². The molecule has 2 aromatic heterocycles. The van der Waals surface area contributed by atoms with Crippen molar-refractivity contribution in [1.82, 2.24) is 10.2 Å². The molecule has 0 fully saturated rings. The van der Waals surface area contributed by atoms with Crippen molar-refractivity contribution in [2.24, 2.45) is 11.1 Å². The molecular weight excluding hydrogens is 546 g/mol. The Morgan fingerprint density at radius 3 is 2.60 bits per heavy atom. The van der Waals surface area contributed by atoms with Gasteiger partial charge in [-0.1, -0.05) is 36.9 Å². The number of thioether (sulfide) groups is 1. The van der Waals surface area contributed by atoms with E-state index in [0.717, 1.165) is 0 Å². The number of nitrogens with two attached hydrogens (primary N) is 1. The summed E-state index contributed by atoms with van der Waals surface area (Å²) in [5.74, 6) is 0.444. The number of hydrogen-bond acceptors (Lipinski definition) is 11. The molecule has 1 unspecified atom stereocenters. The van der Waals surface area contributed by atoms with E-state index in [4.69, 9.17) is 15.4 Å². The molecule has 1 aliphatic heterocycles. The molecule has 12 heteroatoms. The van der Waals surface area contributed by atoms with Gasteiger partial charge in [-0.3, -0.25) is 14.5 Å².